The highest BCUT2D eigenvalue weighted by atomic mass is 79.9. The van der Waals surface area contributed by atoms with E-state index >= 15 is 0 Å². The maximum atomic E-state index is 12.5. The van der Waals surface area contributed by atoms with Gasteiger partial charge in [-0.25, -0.2) is 0 Å². The van der Waals surface area contributed by atoms with E-state index in [2.05, 4.69) is 15.9 Å². The van der Waals surface area contributed by atoms with Crippen molar-refractivity contribution >= 4 is 21.8 Å². The van der Waals surface area contributed by atoms with E-state index in [1.165, 1.54) is 0 Å². The van der Waals surface area contributed by atoms with Gasteiger partial charge in [0.1, 0.15) is 5.75 Å². The first-order valence-electron chi connectivity index (χ1n) is 6.33. The van der Waals surface area contributed by atoms with Gasteiger partial charge in [0, 0.05) is 23.5 Å². The van der Waals surface area contributed by atoms with Crippen LogP contribution in [0.15, 0.2) is 22.7 Å². The van der Waals surface area contributed by atoms with Crippen LogP contribution in [0.5, 0.6) is 5.75 Å². The smallest absolute Gasteiger partial charge is 0.257 e. The molecule has 0 spiro atoms. The van der Waals surface area contributed by atoms with Crippen LogP contribution in [0.25, 0.3) is 0 Å². The molecular weight excluding hydrogens is 310 g/mol. The molecule has 0 saturated carbocycles. The molecule has 1 amide bonds. The predicted octanol–water partition coefficient (Wildman–Crippen LogP) is 2.30. The van der Waals surface area contributed by atoms with Gasteiger partial charge in [0.25, 0.3) is 5.91 Å². The fourth-order valence-corrected chi connectivity index (χ4v) is 2.72. The number of methoxy groups -OCH3 is 1. The number of ether oxygens (including phenoxy) is 1. The first kappa shape index (κ1) is 14.3. The van der Waals surface area contributed by atoms with Crippen LogP contribution in [0.2, 0.25) is 0 Å². The van der Waals surface area contributed by atoms with E-state index in [-0.39, 0.29) is 17.9 Å². The Hall–Kier alpha value is -1.07. The number of aliphatic hydroxyl groups excluding tert-OH is 1. The number of hydrogen-bond donors (Lipinski definition) is 1. The van der Waals surface area contributed by atoms with Crippen molar-refractivity contribution in [3.8, 4) is 5.75 Å². The number of aliphatic hydroxyl groups is 1. The van der Waals surface area contributed by atoms with E-state index in [1.807, 2.05) is 6.07 Å². The van der Waals surface area contributed by atoms with Gasteiger partial charge < -0.3 is 14.7 Å². The summed E-state index contributed by atoms with van der Waals surface area (Å²) >= 11 is 3.36. The maximum Gasteiger partial charge on any atom is 0.257 e. The number of rotatable bonds is 3. The Morgan fingerprint density at radius 1 is 1.58 bits per heavy atom. The predicted molar refractivity (Wildman–Crippen MR) is 76.4 cm³/mol. The van der Waals surface area contributed by atoms with Crippen LogP contribution in [0.3, 0.4) is 0 Å². The van der Waals surface area contributed by atoms with Crippen LogP contribution in [0.4, 0.5) is 0 Å². The number of likely N-dealkylation sites (tertiary alicyclic amines) is 1. The Bertz CT molecular complexity index is 476. The summed E-state index contributed by atoms with van der Waals surface area (Å²) in [5.41, 5.74) is 0.567. The molecule has 1 aromatic carbocycles. The van der Waals surface area contributed by atoms with Gasteiger partial charge in [0.15, 0.2) is 0 Å². The Balaban J connectivity index is 2.17. The summed E-state index contributed by atoms with van der Waals surface area (Å²) < 4.78 is 6.13. The van der Waals surface area contributed by atoms with Gasteiger partial charge in [-0.2, -0.15) is 0 Å². The highest BCUT2D eigenvalue weighted by molar-refractivity contribution is 9.10. The van der Waals surface area contributed by atoms with Crippen molar-refractivity contribution in [3.05, 3.63) is 28.2 Å². The van der Waals surface area contributed by atoms with Gasteiger partial charge >= 0.3 is 0 Å². The van der Waals surface area contributed by atoms with Gasteiger partial charge in [-0.05, 0) is 31.5 Å². The Morgan fingerprint density at radius 3 is 2.89 bits per heavy atom. The van der Waals surface area contributed by atoms with E-state index in [9.17, 15) is 9.90 Å². The highest BCUT2D eigenvalue weighted by Gasteiger charge is 2.30. The van der Waals surface area contributed by atoms with Gasteiger partial charge in [-0.1, -0.05) is 15.9 Å². The third kappa shape index (κ3) is 3.09. The molecular formula is C14H18BrNO3. The summed E-state index contributed by atoms with van der Waals surface area (Å²) in [4.78, 5) is 14.2. The SMILES string of the molecule is COc1cc(Br)ccc1C(=O)N1CCC(C(C)O)C1. The first-order chi connectivity index (χ1) is 9.02. The molecule has 1 aliphatic rings. The standard InChI is InChI=1S/C14H18BrNO3/c1-9(17)10-5-6-16(8-10)14(18)12-4-3-11(15)7-13(12)19-2/h3-4,7,9-10,17H,5-6,8H2,1-2H3. The van der Waals surface area contributed by atoms with Crippen LogP contribution in [-0.2, 0) is 0 Å². The summed E-state index contributed by atoms with van der Waals surface area (Å²) in [5.74, 6) is 0.706. The molecule has 2 atom stereocenters. The largest absolute Gasteiger partial charge is 0.496 e. The maximum absolute atomic E-state index is 12.5. The lowest BCUT2D eigenvalue weighted by molar-refractivity contribution is 0.0759. The molecule has 1 heterocycles. The van der Waals surface area contributed by atoms with E-state index in [0.29, 0.717) is 24.4 Å². The van der Waals surface area contributed by atoms with Crippen molar-refractivity contribution in [3.63, 3.8) is 0 Å². The van der Waals surface area contributed by atoms with E-state index < -0.39 is 0 Å². The molecule has 0 aromatic heterocycles. The number of carbonyl (C=O) groups excluding carboxylic acids is 1. The van der Waals surface area contributed by atoms with Crippen LogP contribution in [-0.4, -0.2) is 42.2 Å². The molecule has 4 nitrogen and oxygen atoms in total. The Morgan fingerprint density at radius 2 is 2.32 bits per heavy atom. The Labute approximate surface area is 121 Å². The summed E-state index contributed by atoms with van der Waals surface area (Å²) in [6.45, 7) is 3.07. The molecule has 19 heavy (non-hydrogen) atoms. The molecule has 0 aliphatic carbocycles. The normalized spacial score (nSPS) is 20.4. The second kappa shape index (κ2) is 5.92. The zero-order chi connectivity index (χ0) is 14.0. The fraction of sp³-hybridized carbons (Fsp3) is 0.500. The molecule has 5 heteroatoms. The monoisotopic (exact) mass is 327 g/mol. The first-order valence-corrected chi connectivity index (χ1v) is 7.13. The number of halogens is 1. The minimum absolute atomic E-state index is 0.0347. The lowest BCUT2D eigenvalue weighted by Gasteiger charge is -2.19. The average Bonchev–Trinajstić information content (AvgIpc) is 2.87. The topological polar surface area (TPSA) is 49.8 Å². The quantitative estimate of drug-likeness (QED) is 0.926. The number of amides is 1. The second-order valence-electron chi connectivity index (χ2n) is 4.89. The van der Waals surface area contributed by atoms with Crippen LogP contribution in [0.1, 0.15) is 23.7 Å². The molecule has 2 rings (SSSR count). The van der Waals surface area contributed by atoms with E-state index in [1.54, 1.807) is 31.1 Å². The summed E-state index contributed by atoms with van der Waals surface area (Å²) in [5, 5.41) is 9.59. The van der Waals surface area contributed by atoms with Crippen molar-refractivity contribution < 1.29 is 14.6 Å². The lowest BCUT2D eigenvalue weighted by Crippen LogP contribution is -2.30. The molecule has 1 aromatic rings. The third-order valence-corrected chi connectivity index (χ3v) is 4.08. The summed E-state index contributed by atoms with van der Waals surface area (Å²) in [7, 11) is 1.56. The van der Waals surface area contributed by atoms with Gasteiger partial charge in [-0.15, -0.1) is 0 Å². The van der Waals surface area contributed by atoms with Crippen molar-refractivity contribution in [2.45, 2.75) is 19.4 Å². The van der Waals surface area contributed by atoms with Crippen molar-refractivity contribution in [1.82, 2.24) is 4.90 Å². The van der Waals surface area contributed by atoms with Crippen molar-refractivity contribution in [2.75, 3.05) is 20.2 Å². The van der Waals surface area contributed by atoms with Crippen molar-refractivity contribution in [1.29, 1.82) is 0 Å². The molecule has 0 radical (unpaired) electrons. The summed E-state index contributed by atoms with van der Waals surface area (Å²) in [6, 6.07) is 5.38. The molecule has 2 unspecified atom stereocenters. The number of nitrogens with zero attached hydrogens (tertiary/aromatic N) is 1. The van der Waals surface area contributed by atoms with E-state index in [4.69, 9.17) is 4.74 Å². The second-order valence-corrected chi connectivity index (χ2v) is 5.80. The fourth-order valence-electron chi connectivity index (χ4n) is 2.38. The average molecular weight is 328 g/mol. The molecule has 104 valence electrons. The third-order valence-electron chi connectivity index (χ3n) is 3.59. The highest BCUT2D eigenvalue weighted by Crippen LogP contribution is 2.27. The zero-order valence-corrected chi connectivity index (χ0v) is 12.7. The van der Waals surface area contributed by atoms with Gasteiger partial charge in [0.05, 0.1) is 18.8 Å². The molecule has 1 saturated heterocycles. The van der Waals surface area contributed by atoms with Crippen LogP contribution in [0, 0.1) is 5.92 Å². The minimum atomic E-state index is -0.371. The lowest BCUT2D eigenvalue weighted by atomic mass is 10.0. The molecule has 0 bridgehead atoms. The number of carbonyl (C=O) groups is 1. The van der Waals surface area contributed by atoms with Gasteiger partial charge in [-0.3, -0.25) is 4.79 Å². The Kier molecular flexibility index (Phi) is 4.47. The molecule has 1 N–H and O–H groups in total. The zero-order valence-electron chi connectivity index (χ0n) is 11.1. The van der Waals surface area contributed by atoms with Gasteiger partial charge in [0.2, 0.25) is 0 Å². The number of hydrogen-bond acceptors (Lipinski definition) is 3. The van der Waals surface area contributed by atoms with Crippen LogP contribution >= 0.6 is 15.9 Å². The van der Waals surface area contributed by atoms with E-state index in [0.717, 1.165) is 10.9 Å². The molecule has 1 aliphatic heterocycles. The number of benzene rings is 1. The minimum Gasteiger partial charge on any atom is -0.496 e. The molecule has 1 fully saturated rings. The van der Waals surface area contributed by atoms with Crippen molar-refractivity contribution in [2.24, 2.45) is 5.92 Å². The van der Waals surface area contributed by atoms with Crippen LogP contribution < -0.4 is 4.74 Å². The summed E-state index contributed by atoms with van der Waals surface area (Å²) in [6.07, 6.45) is 0.479.